The third kappa shape index (κ3) is 3.32. The maximum Gasteiger partial charge on any atom is 0.257 e. The molecule has 4 nitrogen and oxygen atoms in total. The molecule has 2 aromatic heterocycles. The van der Waals surface area contributed by atoms with Crippen molar-refractivity contribution in [2.45, 2.75) is 6.92 Å². The zero-order valence-electron chi connectivity index (χ0n) is 13.9. The van der Waals surface area contributed by atoms with Crippen molar-refractivity contribution in [1.82, 2.24) is 9.97 Å². The SMILES string of the molecule is Cc1nc2cc(NC(=O)c3ccc(-c4cccc(F)c4)nc3)ccc2s1. The average Bonchev–Trinajstić information content (AvgIpc) is 3.01. The highest BCUT2D eigenvalue weighted by molar-refractivity contribution is 7.18. The van der Waals surface area contributed by atoms with Crippen LogP contribution in [0.25, 0.3) is 21.5 Å². The maximum atomic E-state index is 13.3. The topological polar surface area (TPSA) is 54.9 Å². The van der Waals surface area contributed by atoms with Crippen LogP contribution in [-0.2, 0) is 0 Å². The minimum Gasteiger partial charge on any atom is -0.322 e. The third-order valence-electron chi connectivity index (χ3n) is 3.90. The van der Waals surface area contributed by atoms with Gasteiger partial charge in [0.2, 0.25) is 0 Å². The summed E-state index contributed by atoms with van der Waals surface area (Å²) in [7, 11) is 0. The van der Waals surface area contributed by atoms with Crippen molar-refractivity contribution in [2.75, 3.05) is 5.32 Å². The summed E-state index contributed by atoms with van der Waals surface area (Å²) in [6.45, 7) is 1.95. The van der Waals surface area contributed by atoms with Gasteiger partial charge in [0.1, 0.15) is 5.82 Å². The van der Waals surface area contributed by atoms with Gasteiger partial charge in [0.05, 0.1) is 26.5 Å². The van der Waals surface area contributed by atoms with Crippen LogP contribution in [0.5, 0.6) is 0 Å². The van der Waals surface area contributed by atoms with E-state index < -0.39 is 0 Å². The van der Waals surface area contributed by atoms with E-state index in [-0.39, 0.29) is 11.7 Å². The Balaban J connectivity index is 1.53. The summed E-state index contributed by atoms with van der Waals surface area (Å²) >= 11 is 1.62. The molecule has 0 saturated carbocycles. The van der Waals surface area contributed by atoms with Crippen LogP contribution in [0.15, 0.2) is 60.8 Å². The number of hydrogen-bond acceptors (Lipinski definition) is 4. The number of aromatic nitrogens is 2. The molecule has 4 aromatic rings. The van der Waals surface area contributed by atoms with Crippen molar-refractivity contribution in [3.8, 4) is 11.3 Å². The first kappa shape index (κ1) is 16.4. The van der Waals surface area contributed by atoms with E-state index in [1.165, 1.54) is 18.3 Å². The molecule has 0 aliphatic rings. The van der Waals surface area contributed by atoms with Gasteiger partial charge in [0.25, 0.3) is 5.91 Å². The number of halogens is 1. The van der Waals surface area contributed by atoms with Crippen molar-refractivity contribution in [3.63, 3.8) is 0 Å². The van der Waals surface area contributed by atoms with Gasteiger partial charge in [0, 0.05) is 17.4 Å². The van der Waals surface area contributed by atoms with Gasteiger partial charge in [0.15, 0.2) is 0 Å². The fourth-order valence-electron chi connectivity index (χ4n) is 2.67. The molecule has 0 aliphatic carbocycles. The Morgan fingerprint density at radius 1 is 1.12 bits per heavy atom. The van der Waals surface area contributed by atoms with Crippen molar-refractivity contribution in [1.29, 1.82) is 0 Å². The molecular formula is C20H14FN3OS. The number of carbonyl (C=O) groups excluding carboxylic acids is 1. The first-order chi connectivity index (χ1) is 12.6. The standard InChI is InChI=1S/C20H14FN3OS/c1-12-23-18-10-16(6-8-19(18)26-12)24-20(25)14-5-7-17(22-11-14)13-3-2-4-15(21)9-13/h2-11H,1H3,(H,24,25). The molecule has 0 unspecified atom stereocenters. The van der Waals surface area contributed by atoms with E-state index in [1.54, 1.807) is 35.6 Å². The molecule has 1 N–H and O–H groups in total. The number of thiazole rings is 1. The van der Waals surface area contributed by atoms with Gasteiger partial charge in [-0.3, -0.25) is 9.78 Å². The number of amides is 1. The number of fused-ring (bicyclic) bond motifs is 1. The molecule has 26 heavy (non-hydrogen) atoms. The molecular weight excluding hydrogens is 349 g/mol. The summed E-state index contributed by atoms with van der Waals surface area (Å²) in [5, 5.41) is 3.84. The summed E-state index contributed by atoms with van der Waals surface area (Å²) in [5.41, 5.74) is 3.26. The fourth-order valence-corrected chi connectivity index (χ4v) is 3.48. The molecule has 4 rings (SSSR count). The summed E-state index contributed by atoms with van der Waals surface area (Å²) < 4.78 is 14.4. The number of anilines is 1. The van der Waals surface area contributed by atoms with Crippen LogP contribution < -0.4 is 5.32 Å². The molecule has 0 aliphatic heterocycles. The Labute approximate surface area is 153 Å². The quantitative estimate of drug-likeness (QED) is 0.554. The van der Waals surface area contributed by atoms with E-state index in [1.807, 2.05) is 25.1 Å². The molecule has 2 aromatic carbocycles. The highest BCUT2D eigenvalue weighted by Gasteiger charge is 2.09. The highest BCUT2D eigenvalue weighted by Crippen LogP contribution is 2.25. The molecule has 0 atom stereocenters. The van der Waals surface area contributed by atoms with E-state index in [2.05, 4.69) is 15.3 Å². The van der Waals surface area contributed by atoms with Crippen LogP contribution in [0.4, 0.5) is 10.1 Å². The number of aryl methyl sites for hydroxylation is 1. The number of rotatable bonds is 3. The zero-order valence-corrected chi connectivity index (χ0v) is 14.7. The Morgan fingerprint density at radius 2 is 2.00 bits per heavy atom. The summed E-state index contributed by atoms with van der Waals surface area (Å²) in [5.74, 6) is -0.576. The Kier molecular flexibility index (Phi) is 4.18. The molecule has 128 valence electrons. The first-order valence-corrected chi connectivity index (χ1v) is 8.81. The van der Waals surface area contributed by atoms with Crippen molar-refractivity contribution >= 4 is 33.1 Å². The summed E-state index contributed by atoms with van der Waals surface area (Å²) in [4.78, 5) is 21.1. The van der Waals surface area contributed by atoms with Gasteiger partial charge < -0.3 is 5.32 Å². The van der Waals surface area contributed by atoms with Crippen LogP contribution in [0, 0.1) is 12.7 Å². The number of pyridine rings is 1. The average molecular weight is 363 g/mol. The minimum absolute atomic E-state index is 0.255. The Bertz CT molecular complexity index is 1110. The first-order valence-electron chi connectivity index (χ1n) is 7.99. The van der Waals surface area contributed by atoms with Gasteiger partial charge in [-0.15, -0.1) is 11.3 Å². The molecule has 0 spiro atoms. The lowest BCUT2D eigenvalue weighted by atomic mass is 10.1. The predicted molar refractivity (Wildman–Crippen MR) is 102 cm³/mol. The molecule has 0 fully saturated rings. The van der Waals surface area contributed by atoms with E-state index >= 15 is 0 Å². The van der Waals surface area contributed by atoms with Crippen LogP contribution >= 0.6 is 11.3 Å². The van der Waals surface area contributed by atoms with Gasteiger partial charge in [-0.25, -0.2) is 9.37 Å². The van der Waals surface area contributed by atoms with Crippen LogP contribution in [0.3, 0.4) is 0 Å². The van der Waals surface area contributed by atoms with Crippen LogP contribution in [-0.4, -0.2) is 15.9 Å². The van der Waals surface area contributed by atoms with E-state index in [0.717, 1.165) is 15.2 Å². The molecule has 0 radical (unpaired) electrons. The monoisotopic (exact) mass is 363 g/mol. The largest absolute Gasteiger partial charge is 0.322 e. The van der Waals surface area contributed by atoms with Crippen LogP contribution in [0.2, 0.25) is 0 Å². The predicted octanol–water partition coefficient (Wildman–Crippen LogP) is 5.06. The highest BCUT2D eigenvalue weighted by atomic mass is 32.1. The Hall–Kier alpha value is -3.12. The smallest absolute Gasteiger partial charge is 0.257 e. The Morgan fingerprint density at radius 3 is 2.77 bits per heavy atom. The molecule has 0 bridgehead atoms. The minimum atomic E-state index is -0.321. The second-order valence-electron chi connectivity index (χ2n) is 5.81. The second-order valence-corrected chi connectivity index (χ2v) is 7.05. The number of nitrogens with zero attached hydrogens (tertiary/aromatic N) is 2. The zero-order chi connectivity index (χ0) is 18.1. The molecule has 1 amide bonds. The summed E-state index contributed by atoms with van der Waals surface area (Å²) in [6, 6.07) is 15.2. The van der Waals surface area contributed by atoms with Gasteiger partial charge >= 0.3 is 0 Å². The number of nitrogens with one attached hydrogen (secondary N) is 1. The summed E-state index contributed by atoms with van der Waals surface area (Å²) in [6.07, 6.45) is 1.49. The van der Waals surface area contributed by atoms with Crippen molar-refractivity contribution < 1.29 is 9.18 Å². The van der Waals surface area contributed by atoms with E-state index in [0.29, 0.717) is 22.5 Å². The molecule has 0 saturated heterocycles. The van der Waals surface area contributed by atoms with Gasteiger partial charge in [-0.05, 0) is 49.4 Å². The molecule has 6 heteroatoms. The number of benzene rings is 2. The third-order valence-corrected chi connectivity index (χ3v) is 4.85. The lowest BCUT2D eigenvalue weighted by molar-refractivity contribution is 0.102. The fraction of sp³-hybridized carbons (Fsp3) is 0.0500. The maximum absolute atomic E-state index is 13.3. The number of hydrogen-bond donors (Lipinski definition) is 1. The lowest BCUT2D eigenvalue weighted by Crippen LogP contribution is -2.12. The van der Waals surface area contributed by atoms with E-state index in [4.69, 9.17) is 0 Å². The lowest BCUT2D eigenvalue weighted by Gasteiger charge is -2.06. The molecule has 2 heterocycles. The number of carbonyl (C=O) groups is 1. The van der Waals surface area contributed by atoms with Crippen molar-refractivity contribution in [3.05, 3.63) is 77.2 Å². The van der Waals surface area contributed by atoms with E-state index in [9.17, 15) is 9.18 Å². The second kappa shape index (κ2) is 6.65. The van der Waals surface area contributed by atoms with Crippen LogP contribution in [0.1, 0.15) is 15.4 Å². The van der Waals surface area contributed by atoms with Gasteiger partial charge in [-0.1, -0.05) is 12.1 Å². The van der Waals surface area contributed by atoms with Gasteiger partial charge in [-0.2, -0.15) is 0 Å². The van der Waals surface area contributed by atoms with Crippen molar-refractivity contribution in [2.24, 2.45) is 0 Å². The normalized spacial score (nSPS) is 10.8.